The smallest absolute Gasteiger partial charge is 0.315 e. The first-order chi connectivity index (χ1) is 9.38. The molecule has 1 heterocycles. The van der Waals surface area contributed by atoms with Crippen LogP contribution in [0.5, 0.6) is 0 Å². The van der Waals surface area contributed by atoms with E-state index in [1.807, 2.05) is 6.92 Å². The van der Waals surface area contributed by atoms with Crippen molar-refractivity contribution in [2.24, 2.45) is 5.92 Å². The summed E-state index contributed by atoms with van der Waals surface area (Å²) in [6.45, 7) is 5.72. The van der Waals surface area contributed by atoms with Gasteiger partial charge >= 0.3 is 6.03 Å². The van der Waals surface area contributed by atoms with Crippen LogP contribution in [-0.4, -0.2) is 23.7 Å². The van der Waals surface area contributed by atoms with Crippen LogP contribution in [0.4, 0.5) is 4.79 Å². The predicted molar refractivity (Wildman–Crippen MR) is 76.4 cm³/mol. The Morgan fingerprint density at radius 1 is 1.50 bits per heavy atom. The maximum atomic E-state index is 11.9. The van der Waals surface area contributed by atoms with Crippen molar-refractivity contribution in [3.63, 3.8) is 0 Å². The fraction of sp³-hybridized carbons (Fsp3) is 0.667. The number of amides is 2. The lowest BCUT2D eigenvalue weighted by Crippen LogP contribution is -2.47. The van der Waals surface area contributed by atoms with Crippen molar-refractivity contribution in [1.29, 1.82) is 0 Å². The second-order valence-electron chi connectivity index (χ2n) is 6.03. The Morgan fingerprint density at radius 2 is 2.25 bits per heavy atom. The van der Waals surface area contributed by atoms with Crippen LogP contribution in [0.15, 0.2) is 16.5 Å². The van der Waals surface area contributed by atoms with E-state index in [9.17, 15) is 9.90 Å². The van der Waals surface area contributed by atoms with Gasteiger partial charge in [-0.2, -0.15) is 0 Å². The summed E-state index contributed by atoms with van der Waals surface area (Å²) in [5.41, 5.74) is -1.20. The molecular weight excluding hydrogens is 256 g/mol. The summed E-state index contributed by atoms with van der Waals surface area (Å²) < 4.78 is 5.41. The molecule has 0 unspecified atom stereocenters. The van der Waals surface area contributed by atoms with Crippen LogP contribution in [0, 0.1) is 12.8 Å². The molecule has 1 aliphatic carbocycles. The zero-order chi connectivity index (χ0) is 14.8. The molecule has 0 saturated heterocycles. The monoisotopic (exact) mass is 280 g/mol. The Kier molecular flexibility index (Phi) is 4.38. The van der Waals surface area contributed by atoms with Crippen molar-refractivity contribution in [2.45, 2.75) is 51.7 Å². The number of aryl methyl sites for hydroxylation is 1. The third-order valence-corrected chi connectivity index (χ3v) is 4.04. The SMILES string of the molecule is Cc1ccc([C@](C)(O)CNC(=O)N[C@@H]2CCC[C@@H]2C)o1. The third-order valence-electron chi connectivity index (χ3n) is 4.04. The Bertz CT molecular complexity index is 467. The summed E-state index contributed by atoms with van der Waals surface area (Å²) in [6.07, 6.45) is 3.35. The molecular formula is C15H24N2O3. The van der Waals surface area contributed by atoms with E-state index in [2.05, 4.69) is 17.6 Å². The van der Waals surface area contributed by atoms with Crippen molar-refractivity contribution in [3.05, 3.63) is 23.7 Å². The Balaban J connectivity index is 1.83. The predicted octanol–water partition coefficient (Wildman–Crippen LogP) is 2.28. The van der Waals surface area contributed by atoms with E-state index in [4.69, 9.17) is 4.42 Å². The summed E-state index contributed by atoms with van der Waals surface area (Å²) in [6, 6.07) is 3.54. The van der Waals surface area contributed by atoms with Crippen LogP contribution in [0.3, 0.4) is 0 Å². The van der Waals surface area contributed by atoms with Crippen LogP contribution < -0.4 is 10.6 Å². The molecule has 0 bridgehead atoms. The van der Waals surface area contributed by atoms with Crippen molar-refractivity contribution >= 4 is 6.03 Å². The molecule has 20 heavy (non-hydrogen) atoms. The molecule has 1 aliphatic rings. The summed E-state index contributed by atoms with van der Waals surface area (Å²) in [7, 11) is 0. The summed E-state index contributed by atoms with van der Waals surface area (Å²) in [5, 5.41) is 16.0. The normalized spacial score (nSPS) is 25.2. The fourth-order valence-electron chi connectivity index (χ4n) is 2.64. The molecule has 5 heteroatoms. The molecule has 1 aromatic rings. The van der Waals surface area contributed by atoms with Crippen molar-refractivity contribution in [3.8, 4) is 0 Å². The van der Waals surface area contributed by atoms with Crippen LogP contribution in [0.25, 0.3) is 0 Å². The molecule has 1 aromatic heterocycles. The second-order valence-corrected chi connectivity index (χ2v) is 6.03. The van der Waals surface area contributed by atoms with Gasteiger partial charge in [0.15, 0.2) is 0 Å². The van der Waals surface area contributed by atoms with E-state index >= 15 is 0 Å². The van der Waals surface area contributed by atoms with E-state index in [0.29, 0.717) is 11.7 Å². The lowest BCUT2D eigenvalue weighted by molar-refractivity contribution is 0.0358. The number of urea groups is 1. The number of carbonyl (C=O) groups excluding carboxylic acids is 1. The van der Waals surface area contributed by atoms with Gasteiger partial charge in [0.1, 0.15) is 17.1 Å². The number of carbonyl (C=O) groups is 1. The Morgan fingerprint density at radius 3 is 2.80 bits per heavy atom. The first kappa shape index (κ1) is 14.9. The van der Waals surface area contributed by atoms with E-state index in [0.717, 1.165) is 25.0 Å². The van der Waals surface area contributed by atoms with Crippen molar-refractivity contribution in [2.75, 3.05) is 6.54 Å². The van der Waals surface area contributed by atoms with E-state index in [-0.39, 0.29) is 18.6 Å². The van der Waals surface area contributed by atoms with Gasteiger partial charge in [-0.05, 0) is 44.7 Å². The van der Waals surface area contributed by atoms with Crippen LogP contribution in [-0.2, 0) is 5.60 Å². The minimum Gasteiger partial charge on any atom is -0.463 e. The van der Waals surface area contributed by atoms with E-state index < -0.39 is 5.60 Å². The van der Waals surface area contributed by atoms with Crippen molar-refractivity contribution in [1.82, 2.24) is 10.6 Å². The molecule has 1 saturated carbocycles. The fourth-order valence-corrected chi connectivity index (χ4v) is 2.64. The molecule has 2 amide bonds. The van der Waals surface area contributed by atoms with E-state index in [1.165, 1.54) is 0 Å². The van der Waals surface area contributed by atoms with Gasteiger partial charge in [-0.15, -0.1) is 0 Å². The maximum Gasteiger partial charge on any atom is 0.315 e. The average molecular weight is 280 g/mol. The Labute approximate surface area is 119 Å². The molecule has 5 nitrogen and oxygen atoms in total. The summed E-state index contributed by atoms with van der Waals surface area (Å²) >= 11 is 0. The molecule has 0 radical (unpaired) electrons. The third kappa shape index (κ3) is 3.54. The first-order valence-electron chi connectivity index (χ1n) is 7.22. The number of rotatable bonds is 4. The van der Waals surface area contributed by atoms with Crippen molar-refractivity contribution < 1.29 is 14.3 Å². The molecule has 0 spiro atoms. The highest BCUT2D eigenvalue weighted by Gasteiger charge is 2.29. The highest BCUT2D eigenvalue weighted by Crippen LogP contribution is 2.25. The van der Waals surface area contributed by atoms with Gasteiger partial charge in [-0.25, -0.2) is 4.79 Å². The number of nitrogens with one attached hydrogen (secondary N) is 2. The largest absolute Gasteiger partial charge is 0.463 e. The first-order valence-corrected chi connectivity index (χ1v) is 7.22. The van der Waals surface area contributed by atoms with Gasteiger partial charge in [-0.1, -0.05) is 13.3 Å². The van der Waals surface area contributed by atoms with Crippen LogP contribution in [0.2, 0.25) is 0 Å². The topological polar surface area (TPSA) is 74.5 Å². The maximum absolute atomic E-state index is 11.9. The number of hydrogen-bond acceptors (Lipinski definition) is 3. The Hall–Kier alpha value is -1.49. The standard InChI is InChI=1S/C15H24N2O3/c1-10-5-4-6-12(10)17-14(18)16-9-15(3,19)13-8-7-11(2)20-13/h7-8,10,12,19H,4-6,9H2,1-3H3,(H2,16,17,18)/t10-,12+,15+/m0/s1. The number of hydrogen-bond donors (Lipinski definition) is 3. The van der Waals surface area contributed by atoms with Crippen LogP contribution in [0.1, 0.15) is 44.6 Å². The van der Waals surface area contributed by atoms with E-state index in [1.54, 1.807) is 19.1 Å². The molecule has 3 N–H and O–H groups in total. The lowest BCUT2D eigenvalue weighted by atomic mass is 10.0. The van der Waals surface area contributed by atoms with Gasteiger partial charge in [0, 0.05) is 6.04 Å². The van der Waals surface area contributed by atoms with Gasteiger partial charge in [0.25, 0.3) is 0 Å². The lowest BCUT2D eigenvalue weighted by Gasteiger charge is -2.23. The summed E-state index contributed by atoms with van der Waals surface area (Å²) in [5.74, 6) is 1.73. The minimum atomic E-state index is -1.20. The van der Waals surface area contributed by atoms with Gasteiger partial charge in [0.2, 0.25) is 0 Å². The molecule has 0 aromatic carbocycles. The quantitative estimate of drug-likeness (QED) is 0.792. The molecule has 1 fully saturated rings. The molecule has 3 atom stereocenters. The highest BCUT2D eigenvalue weighted by atomic mass is 16.4. The molecule has 112 valence electrons. The van der Waals surface area contributed by atoms with Gasteiger partial charge in [-0.3, -0.25) is 0 Å². The van der Waals surface area contributed by atoms with Gasteiger partial charge in [0.05, 0.1) is 6.54 Å². The highest BCUT2D eigenvalue weighted by molar-refractivity contribution is 5.74. The molecule has 2 rings (SSSR count). The van der Waals surface area contributed by atoms with Gasteiger partial charge < -0.3 is 20.2 Å². The minimum absolute atomic E-state index is 0.118. The zero-order valence-electron chi connectivity index (χ0n) is 12.4. The average Bonchev–Trinajstić information content (AvgIpc) is 2.97. The summed E-state index contributed by atoms with van der Waals surface area (Å²) in [4.78, 5) is 11.9. The zero-order valence-corrected chi connectivity index (χ0v) is 12.4. The number of furan rings is 1. The van der Waals surface area contributed by atoms with Crippen LogP contribution >= 0.6 is 0 Å². The number of aliphatic hydroxyl groups is 1. The second kappa shape index (κ2) is 5.87. The molecule has 0 aliphatic heterocycles.